The van der Waals surface area contributed by atoms with Crippen LogP contribution in [-0.4, -0.2) is 37.2 Å². The molecule has 0 bridgehead atoms. The summed E-state index contributed by atoms with van der Waals surface area (Å²) < 4.78 is 4.94. The van der Waals surface area contributed by atoms with Crippen LogP contribution in [0, 0.1) is 0 Å². The number of thiophene rings is 1. The second kappa shape index (κ2) is 11.2. The summed E-state index contributed by atoms with van der Waals surface area (Å²) in [5, 5.41) is 10.4. The molecule has 1 aromatic heterocycles. The molecule has 1 heterocycles. The van der Waals surface area contributed by atoms with Crippen molar-refractivity contribution in [2.45, 2.75) is 6.42 Å². The maximum absolute atomic E-state index is 12.0. The first-order valence-electron chi connectivity index (χ1n) is 8.29. The van der Waals surface area contributed by atoms with Gasteiger partial charge in [-0.1, -0.05) is 6.07 Å². The Bertz CT molecular complexity index is 787. The van der Waals surface area contributed by atoms with E-state index < -0.39 is 0 Å². The summed E-state index contributed by atoms with van der Waals surface area (Å²) in [6.07, 6.45) is 3.91. The van der Waals surface area contributed by atoms with Crippen molar-refractivity contribution in [2.75, 3.05) is 25.6 Å². The van der Waals surface area contributed by atoms with Gasteiger partial charge in [-0.25, -0.2) is 0 Å². The number of thiocarbonyl (C=S) groups is 1. The second-order valence-corrected chi connectivity index (χ2v) is 6.86. The fourth-order valence-electron chi connectivity index (χ4n) is 2.09. The molecule has 0 aliphatic carbocycles. The Balaban J connectivity index is 1.78. The Hall–Kier alpha value is -2.55. The van der Waals surface area contributed by atoms with E-state index >= 15 is 0 Å². The molecule has 0 aliphatic rings. The van der Waals surface area contributed by atoms with E-state index in [4.69, 9.17) is 17.0 Å². The minimum absolute atomic E-state index is 0.146. The number of ether oxygens (including phenoxy) is 1. The van der Waals surface area contributed by atoms with E-state index in [0.717, 1.165) is 11.3 Å². The van der Waals surface area contributed by atoms with Gasteiger partial charge in [0.1, 0.15) is 0 Å². The molecule has 0 saturated carbocycles. The van der Waals surface area contributed by atoms with E-state index in [1.165, 1.54) is 6.08 Å². The lowest BCUT2D eigenvalue weighted by Gasteiger charge is -2.09. The van der Waals surface area contributed by atoms with E-state index in [1.54, 1.807) is 48.8 Å². The fraction of sp³-hybridized carbons (Fsp3) is 0.211. The Morgan fingerprint density at radius 1 is 1.22 bits per heavy atom. The van der Waals surface area contributed by atoms with E-state index in [9.17, 15) is 9.59 Å². The standard InChI is InChI=1S/C19H21N3O3S2/c1-25-12-3-11-20-18(24)14-5-7-15(8-6-14)21-19(26)22-17(23)10-9-16-4-2-13-27-16/h2,4-10,13H,3,11-12H2,1H3,(H,20,24)(H2,21,22,23,26)/b10-9+. The number of amides is 2. The first kappa shape index (κ1) is 20.8. The van der Waals surface area contributed by atoms with E-state index in [2.05, 4.69) is 16.0 Å². The number of methoxy groups -OCH3 is 1. The average Bonchev–Trinajstić information content (AvgIpc) is 3.17. The number of carbonyl (C=O) groups is 2. The van der Waals surface area contributed by atoms with Gasteiger partial charge in [-0.2, -0.15) is 0 Å². The summed E-state index contributed by atoms with van der Waals surface area (Å²) in [5.74, 6) is -0.458. The van der Waals surface area contributed by atoms with Gasteiger partial charge in [0.25, 0.3) is 5.91 Å². The van der Waals surface area contributed by atoms with Crippen molar-refractivity contribution in [1.82, 2.24) is 10.6 Å². The van der Waals surface area contributed by atoms with Crippen molar-refractivity contribution < 1.29 is 14.3 Å². The van der Waals surface area contributed by atoms with Crippen LogP contribution in [0.3, 0.4) is 0 Å². The van der Waals surface area contributed by atoms with Gasteiger partial charge >= 0.3 is 0 Å². The van der Waals surface area contributed by atoms with Crippen LogP contribution < -0.4 is 16.0 Å². The molecule has 1 aromatic carbocycles. The molecule has 0 saturated heterocycles. The van der Waals surface area contributed by atoms with Crippen LogP contribution in [0.1, 0.15) is 21.7 Å². The van der Waals surface area contributed by atoms with Crippen LogP contribution >= 0.6 is 23.6 Å². The van der Waals surface area contributed by atoms with Gasteiger partial charge in [0.05, 0.1) is 0 Å². The lowest BCUT2D eigenvalue weighted by Crippen LogP contribution is -2.32. The van der Waals surface area contributed by atoms with Crippen LogP contribution in [-0.2, 0) is 9.53 Å². The highest BCUT2D eigenvalue weighted by molar-refractivity contribution is 7.80. The quantitative estimate of drug-likeness (QED) is 0.359. The lowest BCUT2D eigenvalue weighted by atomic mass is 10.2. The molecule has 142 valence electrons. The largest absolute Gasteiger partial charge is 0.385 e. The second-order valence-electron chi connectivity index (χ2n) is 5.47. The summed E-state index contributed by atoms with van der Waals surface area (Å²) in [6, 6.07) is 10.7. The molecule has 0 aliphatic heterocycles. The third-order valence-electron chi connectivity index (χ3n) is 3.39. The molecule has 0 unspecified atom stereocenters. The van der Waals surface area contributed by atoms with E-state index in [0.29, 0.717) is 24.4 Å². The van der Waals surface area contributed by atoms with Crippen molar-refractivity contribution in [3.8, 4) is 0 Å². The van der Waals surface area contributed by atoms with Crippen LogP contribution in [0.4, 0.5) is 5.69 Å². The summed E-state index contributed by atoms with van der Waals surface area (Å²) in [7, 11) is 1.63. The predicted octanol–water partition coefficient (Wildman–Crippen LogP) is 3.04. The minimum Gasteiger partial charge on any atom is -0.385 e. The van der Waals surface area contributed by atoms with Gasteiger partial charge in [0.15, 0.2) is 5.11 Å². The molecule has 0 atom stereocenters. The number of anilines is 1. The van der Waals surface area contributed by atoms with Crippen LogP contribution in [0.25, 0.3) is 6.08 Å². The molecule has 6 nitrogen and oxygen atoms in total. The number of nitrogens with one attached hydrogen (secondary N) is 3. The Labute approximate surface area is 167 Å². The molecule has 2 rings (SSSR count). The highest BCUT2D eigenvalue weighted by atomic mass is 32.1. The van der Waals surface area contributed by atoms with Crippen molar-refractivity contribution in [2.24, 2.45) is 0 Å². The predicted molar refractivity (Wildman–Crippen MR) is 113 cm³/mol. The molecular weight excluding hydrogens is 382 g/mol. The van der Waals surface area contributed by atoms with Gasteiger partial charge in [-0.3, -0.25) is 14.9 Å². The number of benzene rings is 1. The number of hydrogen-bond acceptors (Lipinski definition) is 5. The van der Waals surface area contributed by atoms with Crippen LogP contribution in [0.5, 0.6) is 0 Å². The molecule has 2 aromatic rings. The zero-order valence-electron chi connectivity index (χ0n) is 14.9. The zero-order valence-corrected chi connectivity index (χ0v) is 16.5. The molecule has 0 radical (unpaired) electrons. The van der Waals surface area contributed by atoms with Crippen LogP contribution in [0.2, 0.25) is 0 Å². The summed E-state index contributed by atoms with van der Waals surface area (Å²) >= 11 is 6.67. The third-order valence-corrected chi connectivity index (χ3v) is 4.44. The normalized spacial score (nSPS) is 10.6. The minimum atomic E-state index is -0.312. The summed E-state index contributed by atoms with van der Waals surface area (Å²) in [6.45, 7) is 1.16. The van der Waals surface area contributed by atoms with Crippen molar-refractivity contribution in [3.05, 3.63) is 58.3 Å². The zero-order chi connectivity index (χ0) is 19.5. The van der Waals surface area contributed by atoms with E-state index in [-0.39, 0.29) is 16.9 Å². The molecule has 2 amide bonds. The average molecular weight is 404 g/mol. The molecule has 0 fully saturated rings. The van der Waals surface area contributed by atoms with Crippen molar-refractivity contribution >= 4 is 52.2 Å². The SMILES string of the molecule is COCCCNC(=O)c1ccc(NC(=S)NC(=O)/C=C/c2cccs2)cc1. The third kappa shape index (κ3) is 7.69. The van der Waals surface area contributed by atoms with Gasteiger partial charge in [0, 0.05) is 42.5 Å². The highest BCUT2D eigenvalue weighted by Gasteiger charge is 2.06. The first-order valence-corrected chi connectivity index (χ1v) is 9.58. The summed E-state index contributed by atoms with van der Waals surface area (Å²) in [5.41, 5.74) is 1.23. The smallest absolute Gasteiger partial charge is 0.251 e. The van der Waals surface area contributed by atoms with Crippen molar-refractivity contribution in [1.29, 1.82) is 0 Å². The lowest BCUT2D eigenvalue weighted by molar-refractivity contribution is -0.115. The highest BCUT2D eigenvalue weighted by Crippen LogP contribution is 2.11. The maximum atomic E-state index is 12.0. The molecule has 0 spiro atoms. The number of rotatable bonds is 8. The molecule has 8 heteroatoms. The molecule has 27 heavy (non-hydrogen) atoms. The topological polar surface area (TPSA) is 79.5 Å². The number of carbonyl (C=O) groups excluding carboxylic acids is 2. The first-order chi connectivity index (χ1) is 13.1. The maximum Gasteiger partial charge on any atom is 0.251 e. The monoisotopic (exact) mass is 403 g/mol. The fourth-order valence-corrected chi connectivity index (χ4v) is 2.92. The Morgan fingerprint density at radius 3 is 2.67 bits per heavy atom. The van der Waals surface area contributed by atoms with Gasteiger partial charge in [-0.05, 0) is 60.4 Å². The Morgan fingerprint density at radius 2 is 2.00 bits per heavy atom. The van der Waals surface area contributed by atoms with Gasteiger partial charge < -0.3 is 15.4 Å². The number of hydrogen-bond donors (Lipinski definition) is 3. The summed E-state index contributed by atoms with van der Waals surface area (Å²) in [4.78, 5) is 24.8. The van der Waals surface area contributed by atoms with Crippen LogP contribution in [0.15, 0.2) is 47.9 Å². The Kier molecular flexibility index (Phi) is 8.63. The van der Waals surface area contributed by atoms with Gasteiger partial charge in [0.2, 0.25) is 5.91 Å². The van der Waals surface area contributed by atoms with Gasteiger partial charge in [-0.15, -0.1) is 11.3 Å². The van der Waals surface area contributed by atoms with Crippen molar-refractivity contribution in [3.63, 3.8) is 0 Å². The molecule has 3 N–H and O–H groups in total. The molecular formula is C19H21N3O3S2. The van der Waals surface area contributed by atoms with E-state index in [1.807, 2.05) is 17.5 Å².